The normalized spacial score (nSPS) is 12.9. The molecule has 0 amide bonds. The Labute approximate surface area is 151 Å². The maximum atomic E-state index is 12.6. The van der Waals surface area contributed by atoms with Gasteiger partial charge in [0.05, 0.1) is 4.90 Å². The van der Waals surface area contributed by atoms with E-state index in [0.29, 0.717) is 0 Å². The van der Waals surface area contributed by atoms with Gasteiger partial charge in [0.1, 0.15) is 6.73 Å². The molecule has 6 nitrogen and oxygen atoms in total. The van der Waals surface area contributed by atoms with Gasteiger partial charge in [0.15, 0.2) is 0 Å². The van der Waals surface area contributed by atoms with Gasteiger partial charge >= 0.3 is 7.12 Å². The predicted molar refractivity (Wildman–Crippen MR) is 76.3 cm³/mol. The molecule has 0 aliphatic carbocycles. The zero-order valence-corrected chi connectivity index (χ0v) is 15.5. The number of ether oxygens (including phenoxy) is 1. The van der Waals surface area contributed by atoms with E-state index in [9.17, 15) is 18.5 Å². The largest absolute Gasteiger partial charge is 0.489 e. The van der Waals surface area contributed by atoms with E-state index in [1.807, 2.05) is 0 Å². The maximum absolute atomic E-state index is 12.6. The summed E-state index contributed by atoms with van der Waals surface area (Å²) in [6, 6.07) is 5.06. The molecule has 0 bridgehead atoms. The first-order valence-corrected chi connectivity index (χ1v) is 7.38. The van der Waals surface area contributed by atoms with Crippen LogP contribution in [0.2, 0.25) is 0 Å². The minimum atomic E-state index is -3.96. The van der Waals surface area contributed by atoms with Gasteiger partial charge in [0.25, 0.3) is 0 Å². The third-order valence-electron chi connectivity index (χ3n) is 2.78. The molecular weight excluding hydrogens is 370 g/mol. The molecule has 1 aromatic carbocycles. The van der Waals surface area contributed by atoms with Gasteiger partial charge in [0, 0.05) is 45.3 Å². The minimum Gasteiger partial charge on any atom is -0.423 e. The van der Waals surface area contributed by atoms with Crippen LogP contribution in [0.1, 0.15) is 6.42 Å². The van der Waals surface area contributed by atoms with Gasteiger partial charge in [-0.15, -0.1) is 6.04 Å². The molecule has 1 atom stereocenters. The number of sulfonamides is 1. The first kappa shape index (κ1) is 21.2. The van der Waals surface area contributed by atoms with E-state index >= 15 is 0 Å². The molecule has 0 aromatic heterocycles. The second-order valence-electron chi connectivity index (χ2n) is 4.16. The van der Waals surface area contributed by atoms with E-state index in [4.69, 9.17) is 4.74 Å². The summed E-state index contributed by atoms with van der Waals surface area (Å²) in [5.74, 6) is 0. The molecule has 0 saturated carbocycles. The average Bonchev–Trinajstić information content (AvgIpc) is 2.43. The van der Waals surface area contributed by atoms with Crippen LogP contribution in [0.5, 0.6) is 0 Å². The number of nitrogens with zero attached hydrogens (tertiary/aromatic N) is 1. The van der Waals surface area contributed by atoms with Crippen LogP contribution in [-0.2, 0) is 47.5 Å². The molecule has 0 aliphatic heterocycles. The molecule has 115 valence electrons. The van der Waals surface area contributed by atoms with Crippen molar-refractivity contribution in [2.75, 3.05) is 13.8 Å². The fourth-order valence-corrected chi connectivity index (χ4v) is 3.41. The van der Waals surface area contributed by atoms with E-state index < -0.39 is 23.2 Å². The van der Waals surface area contributed by atoms with Gasteiger partial charge in [-0.1, -0.05) is 18.2 Å². The quantitative estimate of drug-likeness (QED) is 0.370. The van der Waals surface area contributed by atoms with Gasteiger partial charge in [-0.05, 0) is 6.07 Å². The van der Waals surface area contributed by atoms with Crippen LogP contribution < -0.4 is 5.46 Å². The zero-order valence-electron chi connectivity index (χ0n) is 11.8. The summed E-state index contributed by atoms with van der Waals surface area (Å²) in [6.45, 7) is 7.16. The standard InChI is InChI=1S/C12H18BNO5S.Y/c1-4-10(2)14(9-19-3)20(17,18)12-8-6-5-7-11(12)13(15)16;/h5-8,10,15-16H,1-2,4,9H2,3H3;/q-2;. The smallest absolute Gasteiger partial charge is 0.423 e. The average molecular weight is 388 g/mol. The molecule has 1 unspecified atom stereocenters. The number of rotatable bonds is 7. The van der Waals surface area contributed by atoms with Gasteiger partial charge < -0.3 is 28.6 Å². The van der Waals surface area contributed by atoms with Gasteiger partial charge in [-0.3, -0.25) is 0 Å². The van der Waals surface area contributed by atoms with Crippen molar-refractivity contribution < 1.29 is 55.9 Å². The van der Waals surface area contributed by atoms with E-state index in [1.165, 1.54) is 31.4 Å². The summed E-state index contributed by atoms with van der Waals surface area (Å²) in [4.78, 5) is -0.186. The van der Waals surface area contributed by atoms with Crippen molar-refractivity contribution in [1.29, 1.82) is 0 Å². The first-order chi connectivity index (χ1) is 9.36. The van der Waals surface area contributed by atoms with E-state index in [-0.39, 0.29) is 56.2 Å². The third kappa shape index (κ3) is 5.09. The van der Waals surface area contributed by atoms with Crippen molar-refractivity contribution >= 4 is 22.6 Å². The van der Waals surface area contributed by atoms with Crippen molar-refractivity contribution in [2.45, 2.75) is 17.4 Å². The summed E-state index contributed by atoms with van der Waals surface area (Å²) in [6.07, 6.45) is 0.256. The molecule has 21 heavy (non-hydrogen) atoms. The van der Waals surface area contributed by atoms with Crippen molar-refractivity contribution in [2.24, 2.45) is 0 Å². The first-order valence-electron chi connectivity index (χ1n) is 5.94. The summed E-state index contributed by atoms with van der Waals surface area (Å²) < 4.78 is 31.1. The van der Waals surface area contributed by atoms with Crippen molar-refractivity contribution in [3.63, 3.8) is 0 Å². The molecule has 1 rings (SSSR count). The van der Waals surface area contributed by atoms with Gasteiger partial charge in [0.2, 0.25) is 10.0 Å². The number of methoxy groups -OCH3 is 1. The van der Waals surface area contributed by atoms with Crippen LogP contribution in [0, 0.1) is 13.8 Å². The number of hydrogen-bond acceptors (Lipinski definition) is 5. The third-order valence-corrected chi connectivity index (χ3v) is 4.73. The molecule has 0 aliphatic rings. The van der Waals surface area contributed by atoms with E-state index in [0.717, 1.165) is 4.31 Å². The summed E-state index contributed by atoms with van der Waals surface area (Å²) in [5, 5.41) is 18.6. The monoisotopic (exact) mass is 388 g/mol. The second kappa shape index (κ2) is 9.35. The van der Waals surface area contributed by atoms with Crippen LogP contribution >= 0.6 is 0 Å². The summed E-state index contributed by atoms with van der Waals surface area (Å²) in [7, 11) is -4.48. The van der Waals surface area contributed by atoms with Crippen molar-refractivity contribution in [3.05, 3.63) is 38.1 Å². The van der Waals surface area contributed by atoms with Crippen molar-refractivity contribution in [1.82, 2.24) is 4.31 Å². The number of benzene rings is 1. The Kier molecular flexibility index (Phi) is 9.43. The fraction of sp³-hybridized carbons (Fsp3) is 0.333. The molecular formula is C12H18BNO5SY-2. The molecule has 0 saturated heterocycles. The Morgan fingerprint density at radius 1 is 1.38 bits per heavy atom. The molecule has 1 aromatic rings. The second-order valence-corrected chi connectivity index (χ2v) is 6.02. The summed E-state index contributed by atoms with van der Waals surface area (Å²) >= 11 is 0. The van der Waals surface area contributed by atoms with Crippen LogP contribution in [0.25, 0.3) is 0 Å². The topological polar surface area (TPSA) is 87.1 Å². The zero-order chi connectivity index (χ0) is 15.3. The molecule has 1 radical (unpaired) electrons. The van der Waals surface area contributed by atoms with Gasteiger partial charge in [-0.2, -0.15) is 6.42 Å². The minimum absolute atomic E-state index is 0. The Hall–Kier alpha value is 0.179. The van der Waals surface area contributed by atoms with Gasteiger partial charge in [-0.25, -0.2) is 12.7 Å². The van der Waals surface area contributed by atoms with Crippen LogP contribution in [-0.4, -0.2) is 49.8 Å². The number of hydrogen-bond donors (Lipinski definition) is 2. The Morgan fingerprint density at radius 2 is 1.95 bits per heavy atom. The predicted octanol–water partition coefficient (Wildman–Crippen LogP) is -0.615. The Balaban J connectivity index is 0.00000400. The molecule has 9 heteroatoms. The van der Waals surface area contributed by atoms with Crippen molar-refractivity contribution in [3.8, 4) is 0 Å². The fourth-order valence-electron chi connectivity index (χ4n) is 1.70. The van der Waals surface area contributed by atoms with Crippen LogP contribution in [0.4, 0.5) is 0 Å². The van der Waals surface area contributed by atoms with E-state index in [2.05, 4.69) is 13.8 Å². The Bertz CT molecular complexity index is 540. The molecule has 0 fully saturated rings. The summed E-state index contributed by atoms with van der Waals surface area (Å²) in [5.41, 5.74) is -0.0927. The van der Waals surface area contributed by atoms with E-state index in [1.54, 1.807) is 0 Å². The SMILES string of the molecule is [CH2-]CC([CH2-])N(COC)S(=O)(=O)c1ccccc1B(O)O.[Y]. The van der Waals surface area contributed by atoms with Crippen LogP contribution in [0.15, 0.2) is 29.2 Å². The molecule has 0 spiro atoms. The molecule has 2 N–H and O–H groups in total. The maximum Gasteiger partial charge on any atom is 0.489 e. The Morgan fingerprint density at radius 3 is 2.43 bits per heavy atom. The van der Waals surface area contributed by atoms with Crippen LogP contribution in [0.3, 0.4) is 0 Å². The molecule has 0 heterocycles.